The Morgan fingerprint density at radius 3 is 2.32 bits per heavy atom. The number of carbonyl (C=O) groups excluding carboxylic acids is 1. The lowest BCUT2D eigenvalue weighted by molar-refractivity contribution is -0.384. The number of ketones is 1. The molecule has 0 saturated heterocycles. The van der Waals surface area contributed by atoms with Crippen LogP contribution in [0.4, 0.5) is 5.69 Å². The van der Waals surface area contributed by atoms with Crippen molar-refractivity contribution in [1.29, 1.82) is 0 Å². The Bertz CT molecular complexity index is 686. The molecule has 2 aromatic rings. The summed E-state index contributed by atoms with van der Waals surface area (Å²) in [7, 11) is -2.55. The lowest BCUT2D eigenvalue weighted by atomic mass is 10.1. The highest BCUT2D eigenvalue weighted by Gasteiger charge is 2.24. The lowest BCUT2D eigenvalue weighted by Gasteiger charge is -1.96. The van der Waals surface area contributed by atoms with Crippen molar-refractivity contribution in [2.24, 2.45) is 0 Å². The highest BCUT2D eigenvalue weighted by atomic mass is 31.1. The second kappa shape index (κ2) is 7.40. The van der Waals surface area contributed by atoms with E-state index in [2.05, 4.69) is 0 Å². The number of nitrogens with zero attached hydrogens (tertiary/aromatic N) is 1. The molecule has 0 aromatic heterocycles. The monoisotopic (exact) mass is 320 g/mol. The van der Waals surface area contributed by atoms with Gasteiger partial charge in [-0.25, -0.2) is 4.52 Å². The third-order valence-corrected chi connectivity index (χ3v) is 3.32. The minimum absolute atomic E-state index is 0.109. The summed E-state index contributed by atoms with van der Waals surface area (Å²) in [5, 5.41) is 10.5. The van der Waals surface area contributed by atoms with Gasteiger partial charge in [0.1, 0.15) is 0 Å². The number of benzene rings is 2. The number of hydrogen-bond acceptors (Lipinski definition) is 6. The number of nitro groups is 1. The topological polar surface area (TPSA) is 95.7 Å². The zero-order valence-corrected chi connectivity index (χ0v) is 12.1. The summed E-state index contributed by atoms with van der Waals surface area (Å²) in [4.78, 5) is 21.7. The molecule has 1 unspecified atom stereocenters. The molecular formula is C14H11NO6P+. The van der Waals surface area contributed by atoms with Crippen LogP contribution in [0.25, 0.3) is 0 Å². The molecule has 0 aliphatic carbocycles. The highest BCUT2D eigenvalue weighted by Crippen LogP contribution is 2.29. The lowest BCUT2D eigenvalue weighted by Crippen LogP contribution is -2.06. The van der Waals surface area contributed by atoms with E-state index in [0.29, 0.717) is 5.56 Å². The molecular weight excluding hydrogens is 309 g/mol. The molecule has 0 spiro atoms. The summed E-state index contributed by atoms with van der Waals surface area (Å²) < 4.78 is 21.4. The molecule has 0 radical (unpaired) electrons. The summed E-state index contributed by atoms with van der Waals surface area (Å²) in [6.07, 6.45) is 0. The minimum Gasteiger partial charge on any atom is -0.291 e. The largest absolute Gasteiger partial charge is 0.750 e. The van der Waals surface area contributed by atoms with Crippen LogP contribution in [-0.4, -0.2) is 17.3 Å². The first-order chi connectivity index (χ1) is 10.6. The summed E-state index contributed by atoms with van der Waals surface area (Å²) in [6.45, 7) is -0.383. The second-order valence-electron chi connectivity index (χ2n) is 4.13. The van der Waals surface area contributed by atoms with E-state index < -0.39 is 13.2 Å². The van der Waals surface area contributed by atoms with Crippen LogP contribution in [0.2, 0.25) is 0 Å². The van der Waals surface area contributed by atoms with E-state index in [4.69, 9.17) is 9.05 Å². The Labute approximate surface area is 126 Å². The van der Waals surface area contributed by atoms with Crippen LogP contribution in [-0.2, 0) is 9.09 Å². The number of carbonyl (C=O) groups is 1. The molecule has 0 bridgehead atoms. The molecule has 22 heavy (non-hydrogen) atoms. The van der Waals surface area contributed by atoms with E-state index in [0.717, 1.165) is 0 Å². The van der Waals surface area contributed by atoms with Gasteiger partial charge in [0.25, 0.3) is 5.69 Å². The van der Waals surface area contributed by atoms with Crippen molar-refractivity contribution in [1.82, 2.24) is 0 Å². The summed E-state index contributed by atoms with van der Waals surface area (Å²) in [5.74, 6) is -0.171. The SMILES string of the molecule is O=C(CO[P+](=O)Oc1ccc([N+](=O)[O-])cc1)c1ccccc1. The van der Waals surface area contributed by atoms with Gasteiger partial charge in [-0.3, -0.25) is 14.9 Å². The maximum Gasteiger partial charge on any atom is 0.750 e. The Kier molecular flexibility index (Phi) is 5.30. The smallest absolute Gasteiger partial charge is 0.291 e. The summed E-state index contributed by atoms with van der Waals surface area (Å²) in [6, 6.07) is 13.5. The first-order valence-corrected chi connectivity index (χ1v) is 7.26. The second-order valence-corrected chi connectivity index (χ2v) is 5.02. The molecule has 0 fully saturated rings. The Morgan fingerprint density at radius 2 is 1.73 bits per heavy atom. The fourth-order valence-corrected chi connectivity index (χ4v) is 2.13. The molecule has 1 atom stereocenters. The Hall–Kier alpha value is -2.63. The molecule has 112 valence electrons. The van der Waals surface area contributed by atoms with Gasteiger partial charge in [-0.2, -0.15) is 0 Å². The first kappa shape index (κ1) is 15.8. The van der Waals surface area contributed by atoms with Gasteiger partial charge in [-0.1, -0.05) is 30.3 Å². The molecule has 7 nitrogen and oxygen atoms in total. The van der Waals surface area contributed by atoms with Crippen molar-refractivity contribution in [3.05, 3.63) is 70.3 Å². The maximum absolute atomic E-state index is 11.7. The Morgan fingerprint density at radius 1 is 1.09 bits per heavy atom. The standard InChI is InChI=1S/C14H11NO6P/c16-14(11-4-2-1-3-5-11)10-20-22(19)21-13-8-6-12(7-9-13)15(17)18/h1-9H,10H2/q+1. The van der Waals surface area contributed by atoms with Gasteiger partial charge in [0.05, 0.1) is 4.92 Å². The number of hydrogen-bond donors (Lipinski definition) is 0. The first-order valence-electron chi connectivity index (χ1n) is 6.17. The molecule has 0 saturated carbocycles. The summed E-state index contributed by atoms with van der Waals surface area (Å²) in [5.41, 5.74) is 0.337. The molecule has 0 N–H and O–H groups in total. The predicted octanol–water partition coefficient (Wildman–Crippen LogP) is 3.53. The van der Waals surface area contributed by atoms with E-state index >= 15 is 0 Å². The van der Waals surface area contributed by atoms with Crippen molar-refractivity contribution < 1.29 is 23.3 Å². The fraction of sp³-hybridized carbons (Fsp3) is 0.0714. The van der Waals surface area contributed by atoms with Gasteiger partial charge in [0, 0.05) is 22.3 Å². The average Bonchev–Trinajstić information content (AvgIpc) is 2.54. The van der Waals surface area contributed by atoms with Crippen molar-refractivity contribution in [2.45, 2.75) is 0 Å². The fourth-order valence-electron chi connectivity index (χ4n) is 1.56. The third-order valence-electron chi connectivity index (χ3n) is 2.62. The van der Waals surface area contributed by atoms with Crippen molar-refractivity contribution in [2.75, 3.05) is 6.61 Å². The van der Waals surface area contributed by atoms with E-state index in [1.165, 1.54) is 24.3 Å². The van der Waals surface area contributed by atoms with E-state index in [9.17, 15) is 19.5 Å². The molecule has 2 rings (SSSR count). The van der Waals surface area contributed by atoms with Crippen LogP contribution in [0.15, 0.2) is 54.6 Å². The minimum atomic E-state index is -2.55. The van der Waals surface area contributed by atoms with Crippen LogP contribution in [0.5, 0.6) is 5.75 Å². The van der Waals surface area contributed by atoms with Crippen molar-refractivity contribution in [3.8, 4) is 5.75 Å². The highest BCUT2D eigenvalue weighted by molar-refractivity contribution is 7.33. The van der Waals surface area contributed by atoms with Gasteiger partial charge >= 0.3 is 8.25 Å². The van der Waals surface area contributed by atoms with Gasteiger partial charge in [0.2, 0.25) is 0 Å². The van der Waals surface area contributed by atoms with Crippen LogP contribution >= 0.6 is 8.25 Å². The van der Waals surface area contributed by atoms with Crippen molar-refractivity contribution >= 4 is 19.7 Å². The zero-order valence-electron chi connectivity index (χ0n) is 11.2. The van der Waals surface area contributed by atoms with Crippen LogP contribution in [0.3, 0.4) is 0 Å². The van der Waals surface area contributed by atoms with Gasteiger partial charge in [-0.15, -0.1) is 4.52 Å². The van der Waals surface area contributed by atoms with Crippen LogP contribution in [0, 0.1) is 10.1 Å². The Balaban J connectivity index is 1.85. The normalized spacial score (nSPS) is 10.8. The molecule has 0 amide bonds. The van der Waals surface area contributed by atoms with E-state index in [1.807, 2.05) is 0 Å². The van der Waals surface area contributed by atoms with Crippen LogP contribution < -0.4 is 4.52 Å². The average molecular weight is 320 g/mol. The predicted molar refractivity (Wildman–Crippen MR) is 78.1 cm³/mol. The van der Waals surface area contributed by atoms with Gasteiger partial charge in [0.15, 0.2) is 18.1 Å². The number of non-ortho nitro benzene ring substituents is 1. The third kappa shape index (κ3) is 4.44. The quantitative estimate of drug-likeness (QED) is 0.335. The molecule has 0 aliphatic heterocycles. The molecule has 8 heteroatoms. The van der Waals surface area contributed by atoms with Crippen LogP contribution in [0.1, 0.15) is 10.4 Å². The van der Waals surface area contributed by atoms with E-state index in [1.54, 1.807) is 30.3 Å². The maximum atomic E-state index is 11.7. The number of nitro benzene ring substituents is 1. The number of Topliss-reactive ketones (excluding diaryl/α,β-unsaturated/α-hetero) is 1. The summed E-state index contributed by atoms with van der Waals surface area (Å²) >= 11 is 0. The number of rotatable bonds is 7. The molecule has 0 aliphatic rings. The zero-order chi connectivity index (χ0) is 15.9. The van der Waals surface area contributed by atoms with Gasteiger partial charge < -0.3 is 0 Å². The van der Waals surface area contributed by atoms with Crippen molar-refractivity contribution in [3.63, 3.8) is 0 Å². The van der Waals surface area contributed by atoms with E-state index in [-0.39, 0.29) is 23.8 Å². The molecule has 2 aromatic carbocycles. The molecule has 0 heterocycles. The van der Waals surface area contributed by atoms with Gasteiger partial charge in [-0.05, 0) is 12.1 Å².